The van der Waals surface area contributed by atoms with Gasteiger partial charge in [0.1, 0.15) is 0 Å². The average molecular weight is 439 g/mol. The summed E-state index contributed by atoms with van der Waals surface area (Å²) in [6, 6.07) is 2.30. The van der Waals surface area contributed by atoms with Crippen LogP contribution in [0.2, 0.25) is 0 Å². The molecule has 2 aromatic rings. The lowest BCUT2D eigenvalue weighted by Gasteiger charge is -2.31. The Balaban J connectivity index is 1.68. The predicted molar refractivity (Wildman–Crippen MR) is 113 cm³/mol. The lowest BCUT2D eigenvalue weighted by atomic mass is 9.99. The van der Waals surface area contributed by atoms with Crippen molar-refractivity contribution in [2.75, 3.05) is 24.7 Å². The maximum Gasteiger partial charge on any atom is 0.251 e. The zero-order valence-electron chi connectivity index (χ0n) is 17.1. The highest BCUT2D eigenvalue weighted by Crippen LogP contribution is 2.40. The number of anilines is 1. The number of nitrogens with zero attached hydrogens (tertiary/aromatic N) is 3. The number of halogens is 1. The summed E-state index contributed by atoms with van der Waals surface area (Å²) in [5, 5.41) is 14.3. The molecule has 0 spiro atoms. The second kappa shape index (κ2) is 7.58. The van der Waals surface area contributed by atoms with Gasteiger partial charge in [-0.1, -0.05) is 0 Å². The van der Waals surface area contributed by atoms with E-state index in [1.807, 2.05) is 0 Å². The summed E-state index contributed by atoms with van der Waals surface area (Å²) in [7, 11) is -3.24. The molecule has 2 N–H and O–H groups in total. The monoisotopic (exact) mass is 438 g/mol. The number of nitrogens with one attached hydrogen (secondary N) is 1. The minimum absolute atomic E-state index is 0.0392. The third-order valence-corrected chi connectivity index (χ3v) is 7.66. The summed E-state index contributed by atoms with van der Waals surface area (Å²) in [5.41, 5.74) is -1.30. The highest BCUT2D eigenvalue weighted by molar-refractivity contribution is 7.88. The van der Waals surface area contributed by atoms with Crippen molar-refractivity contribution >= 4 is 26.7 Å². The molecule has 1 aliphatic carbocycles. The van der Waals surface area contributed by atoms with E-state index >= 15 is 4.39 Å². The van der Waals surface area contributed by atoms with Gasteiger partial charge < -0.3 is 10.4 Å². The van der Waals surface area contributed by atoms with Crippen LogP contribution in [-0.2, 0) is 10.0 Å². The molecule has 0 bridgehead atoms. The molecule has 1 unspecified atom stereocenters. The van der Waals surface area contributed by atoms with Crippen LogP contribution in [0.4, 0.5) is 10.2 Å². The second-order valence-electron chi connectivity index (χ2n) is 8.61. The van der Waals surface area contributed by atoms with Crippen molar-refractivity contribution < 1.29 is 17.9 Å². The molecule has 1 saturated heterocycles. The van der Waals surface area contributed by atoms with Crippen molar-refractivity contribution in [3.05, 3.63) is 34.5 Å². The van der Waals surface area contributed by atoms with E-state index in [0.29, 0.717) is 44.2 Å². The van der Waals surface area contributed by atoms with Crippen molar-refractivity contribution in [3.8, 4) is 0 Å². The fourth-order valence-electron chi connectivity index (χ4n) is 4.68. The first-order valence-electron chi connectivity index (χ1n) is 10.2. The fraction of sp³-hybridized carbons (Fsp3) is 0.600. The largest absolute Gasteiger partial charge is 0.388 e. The van der Waals surface area contributed by atoms with Crippen LogP contribution in [0.25, 0.3) is 10.9 Å². The molecule has 2 fully saturated rings. The van der Waals surface area contributed by atoms with E-state index in [9.17, 15) is 18.3 Å². The first-order valence-corrected chi connectivity index (χ1v) is 12.1. The highest BCUT2D eigenvalue weighted by Gasteiger charge is 2.39. The van der Waals surface area contributed by atoms with E-state index in [1.165, 1.54) is 27.4 Å². The number of aromatic nitrogens is 2. The lowest BCUT2D eigenvalue weighted by Crippen LogP contribution is -2.42. The molecule has 2 aliphatic rings. The second-order valence-corrected chi connectivity index (χ2v) is 10.6. The van der Waals surface area contributed by atoms with Gasteiger partial charge in [-0.3, -0.25) is 9.36 Å². The summed E-state index contributed by atoms with van der Waals surface area (Å²) in [5.74, 6) is -0.587. The molecular weight excluding hydrogens is 411 g/mol. The van der Waals surface area contributed by atoms with Gasteiger partial charge in [0.2, 0.25) is 10.0 Å². The van der Waals surface area contributed by atoms with Crippen molar-refractivity contribution in [1.82, 2.24) is 13.9 Å². The van der Waals surface area contributed by atoms with Gasteiger partial charge in [0.05, 0.1) is 23.4 Å². The van der Waals surface area contributed by atoms with Gasteiger partial charge in [0.25, 0.3) is 5.56 Å². The Hall–Kier alpha value is -2.04. The maximum atomic E-state index is 15.6. The number of piperidine rings is 1. The number of rotatable bonds is 4. The molecular formula is C20H27FN4O4S. The zero-order valence-corrected chi connectivity index (χ0v) is 18.0. The molecule has 10 heteroatoms. The number of hydrogen-bond donors (Lipinski definition) is 2. The van der Waals surface area contributed by atoms with Gasteiger partial charge in [0.15, 0.2) is 11.6 Å². The molecule has 3 heterocycles. The van der Waals surface area contributed by atoms with Crippen LogP contribution in [0.15, 0.2) is 23.1 Å². The molecule has 0 amide bonds. The van der Waals surface area contributed by atoms with Gasteiger partial charge in [-0.2, -0.15) is 0 Å². The van der Waals surface area contributed by atoms with Gasteiger partial charge in [-0.15, -0.1) is 0 Å². The normalized spacial score (nSPS) is 26.3. The van der Waals surface area contributed by atoms with E-state index in [1.54, 1.807) is 13.0 Å². The van der Waals surface area contributed by atoms with Crippen molar-refractivity contribution in [2.24, 2.45) is 0 Å². The molecule has 0 radical (unpaired) electrons. The maximum absolute atomic E-state index is 15.6. The van der Waals surface area contributed by atoms with E-state index < -0.39 is 27.5 Å². The first kappa shape index (κ1) is 21.2. The standard InChI is InChI=1S/C20H27FN4O4S/c1-20(27)9-3-4-15(20)25-16(26)6-5-13-12-22-19(17(21)18(13)25)23-14-7-10-24(11-8-14)30(2,28)29/h5-6,12,14-15,27H,3-4,7-11H2,1-2H3,(H,22,23)/t15?,20-/m1/s1. The molecule has 1 aliphatic heterocycles. The molecule has 30 heavy (non-hydrogen) atoms. The van der Waals surface area contributed by atoms with Crippen LogP contribution in [0.5, 0.6) is 0 Å². The van der Waals surface area contributed by atoms with Gasteiger partial charge in [-0.05, 0) is 45.1 Å². The van der Waals surface area contributed by atoms with Crippen LogP contribution < -0.4 is 10.9 Å². The van der Waals surface area contributed by atoms with Crippen LogP contribution in [0.3, 0.4) is 0 Å². The number of hydrogen-bond acceptors (Lipinski definition) is 6. The number of fused-ring (bicyclic) bond motifs is 1. The van der Waals surface area contributed by atoms with Gasteiger partial charge >= 0.3 is 0 Å². The Bertz CT molecular complexity index is 1120. The Morgan fingerprint density at radius 3 is 2.57 bits per heavy atom. The number of aliphatic hydroxyl groups is 1. The Morgan fingerprint density at radius 1 is 1.27 bits per heavy atom. The van der Waals surface area contributed by atoms with E-state index in [0.717, 1.165) is 6.42 Å². The first-order chi connectivity index (χ1) is 14.1. The predicted octanol–water partition coefficient (Wildman–Crippen LogP) is 1.85. The highest BCUT2D eigenvalue weighted by atomic mass is 32.2. The number of sulfonamides is 1. The van der Waals surface area contributed by atoms with Crippen molar-refractivity contribution in [2.45, 2.75) is 56.7 Å². The zero-order chi connectivity index (χ0) is 21.7. The SMILES string of the molecule is C[C@@]1(O)CCCC1n1c(=O)ccc2cnc(NC3CCN(S(C)(=O)=O)CC3)c(F)c21. The molecule has 8 nitrogen and oxygen atoms in total. The smallest absolute Gasteiger partial charge is 0.251 e. The molecule has 0 aromatic carbocycles. The Morgan fingerprint density at radius 2 is 1.97 bits per heavy atom. The molecule has 1 saturated carbocycles. The lowest BCUT2D eigenvalue weighted by molar-refractivity contribution is 0.0267. The Labute approximate surface area is 174 Å². The third-order valence-electron chi connectivity index (χ3n) is 6.36. The fourth-order valence-corrected chi connectivity index (χ4v) is 5.56. The Kier molecular flexibility index (Phi) is 5.36. The summed E-state index contributed by atoms with van der Waals surface area (Å²) in [6.45, 7) is 2.41. The van der Waals surface area contributed by atoms with Crippen LogP contribution >= 0.6 is 0 Å². The van der Waals surface area contributed by atoms with E-state index in [2.05, 4.69) is 10.3 Å². The summed E-state index contributed by atoms with van der Waals surface area (Å²) in [4.78, 5) is 16.9. The van der Waals surface area contributed by atoms with Crippen LogP contribution in [-0.4, -0.2) is 58.4 Å². The minimum Gasteiger partial charge on any atom is -0.388 e. The summed E-state index contributed by atoms with van der Waals surface area (Å²) in [6.07, 6.45) is 5.68. The minimum atomic E-state index is -3.24. The third kappa shape index (κ3) is 3.83. The summed E-state index contributed by atoms with van der Waals surface area (Å²) >= 11 is 0. The van der Waals surface area contributed by atoms with E-state index in [-0.39, 0.29) is 22.9 Å². The van der Waals surface area contributed by atoms with Crippen LogP contribution in [0.1, 0.15) is 45.1 Å². The summed E-state index contributed by atoms with van der Waals surface area (Å²) < 4.78 is 41.7. The average Bonchev–Trinajstić information content (AvgIpc) is 3.03. The van der Waals surface area contributed by atoms with Gasteiger partial charge in [0, 0.05) is 36.8 Å². The van der Waals surface area contributed by atoms with Crippen molar-refractivity contribution in [3.63, 3.8) is 0 Å². The quantitative estimate of drug-likeness (QED) is 0.755. The molecule has 2 atom stereocenters. The molecule has 2 aromatic heterocycles. The van der Waals surface area contributed by atoms with Crippen molar-refractivity contribution in [1.29, 1.82) is 0 Å². The number of pyridine rings is 2. The molecule has 4 rings (SSSR count). The van der Waals surface area contributed by atoms with Crippen LogP contribution in [0, 0.1) is 5.82 Å². The van der Waals surface area contributed by atoms with Gasteiger partial charge in [-0.25, -0.2) is 22.1 Å². The topological polar surface area (TPSA) is 105 Å². The van der Waals surface area contributed by atoms with E-state index in [4.69, 9.17) is 0 Å². The molecule has 164 valence electrons.